The third kappa shape index (κ3) is 7.01. The summed E-state index contributed by atoms with van der Waals surface area (Å²) in [4.78, 5) is 26.1. The van der Waals surface area contributed by atoms with E-state index < -0.39 is 17.7 Å². The molecule has 0 aliphatic carbocycles. The Morgan fingerprint density at radius 1 is 0.737 bits per heavy atom. The summed E-state index contributed by atoms with van der Waals surface area (Å²) < 4.78 is 6.55. The molecule has 0 unspecified atom stereocenters. The first kappa shape index (κ1) is 26.5. The summed E-state index contributed by atoms with van der Waals surface area (Å²) in [5, 5.41) is 8.70. The minimum atomic E-state index is -0.427. The van der Waals surface area contributed by atoms with Crippen molar-refractivity contribution < 1.29 is 14.3 Å². The van der Waals surface area contributed by atoms with Gasteiger partial charge in [-0.15, -0.1) is 0 Å². The molecule has 0 aliphatic rings. The van der Waals surface area contributed by atoms with E-state index >= 15 is 0 Å². The first-order valence-electron chi connectivity index (χ1n) is 12.7. The van der Waals surface area contributed by atoms with Crippen molar-refractivity contribution in [1.29, 1.82) is 0 Å². The lowest BCUT2D eigenvalue weighted by atomic mass is 10.00. The predicted octanol–water partition coefficient (Wildman–Crippen LogP) is 7.42. The van der Waals surface area contributed by atoms with E-state index in [9.17, 15) is 9.59 Å². The van der Waals surface area contributed by atoms with Gasteiger partial charge in [-0.25, -0.2) is 4.79 Å². The molecule has 0 heterocycles. The number of benzene rings is 4. The van der Waals surface area contributed by atoms with Gasteiger partial charge in [-0.2, -0.15) is 0 Å². The van der Waals surface area contributed by atoms with Crippen LogP contribution in [0.15, 0.2) is 109 Å². The number of anilines is 2. The van der Waals surface area contributed by atoms with Gasteiger partial charge in [0.15, 0.2) is 0 Å². The smallest absolute Gasteiger partial charge is 0.323 e. The molecule has 3 amide bonds. The molecule has 0 saturated heterocycles. The van der Waals surface area contributed by atoms with Crippen molar-refractivity contribution in [2.75, 3.05) is 10.6 Å². The molecule has 0 spiro atoms. The summed E-state index contributed by atoms with van der Waals surface area (Å²) in [6, 6.07) is 33.6. The molecule has 6 nitrogen and oxygen atoms in total. The third-order valence-electron chi connectivity index (χ3n) is 6.30. The average Bonchev–Trinajstić information content (AvgIpc) is 2.93. The average molecular weight is 508 g/mol. The normalized spacial score (nSPS) is 11.1. The standard InChI is InChI=1S/C32H33N3O3/c1-4-32(2,3)35-30(36)27-22-26(34-31(37)33-25-18-12-7-13-19-25)20-21-28(27)38-29(23-14-8-5-9-15-23)24-16-10-6-11-17-24/h5-22,29H,4H2,1-3H3,(H,35,36)(H2,33,34,37). The summed E-state index contributed by atoms with van der Waals surface area (Å²) in [5.74, 6) is 0.139. The molecule has 4 rings (SSSR count). The van der Waals surface area contributed by atoms with Crippen molar-refractivity contribution in [2.24, 2.45) is 0 Å². The summed E-state index contributed by atoms with van der Waals surface area (Å²) in [6.45, 7) is 5.96. The van der Waals surface area contributed by atoms with Crippen LogP contribution >= 0.6 is 0 Å². The van der Waals surface area contributed by atoms with E-state index in [0.717, 1.165) is 17.5 Å². The van der Waals surface area contributed by atoms with E-state index in [2.05, 4.69) is 16.0 Å². The van der Waals surface area contributed by atoms with Gasteiger partial charge < -0.3 is 20.7 Å². The lowest BCUT2D eigenvalue weighted by molar-refractivity contribution is 0.0905. The molecular weight excluding hydrogens is 474 g/mol. The Bertz CT molecular complexity index is 1320. The van der Waals surface area contributed by atoms with Gasteiger partial charge in [0.1, 0.15) is 11.9 Å². The predicted molar refractivity (Wildman–Crippen MR) is 153 cm³/mol. The van der Waals surface area contributed by atoms with E-state index in [-0.39, 0.29) is 5.91 Å². The maximum Gasteiger partial charge on any atom is 0.323 e. The van der Waals surface area contributed by atoms with Gasteiger partial charge >= 0.3 is 6.03 Å². The number of amides is 3. The largest absolute Gasteiger partial charge is 0.480 e. The molecule has 0 radical (unpaired) electrons. The van der Waals surface area contributed by atoms with E-state index in [1.807, 2.05) is 99.6 Å². The van der Waals surface area contributed by atoms with Crippen molar-refractivity contribution in [1.82, 2.24) is 5.32 Å². The Balaban J connectivity index is 1.67. The molecule has 0 fully saturated rings. The van der Waals surface area contributed by atoms with Crippen molar-refractivity contribution in [2.45, 2.75) is 38.8 Å². The van der Waals surface area contributed by atoms with Crippen LogP contribution < -0.4 is 20.7 Å². The van der Waals surface area contributed by atoms with Gasteiger partial charge in [-0.1, -0.05) is 85.8 Å². The zero-order valence-electron chi connectivity index (χ0n) is 21.9. The molecule has 3 N–H and O–H groups in total. The molecule has 6 heteroatoms. The number of carbonyl (C=O) groups is 2. The molecule has 4 aromatic carbocycles. The Kier molecular flexibility index (Phi) is 8.44. The highest BCUT2D eigenvalue weighted by Crippen LogP contribution is 2.32. The second-order valence-electron chi connectivity index (χ2n) is 9.67. The number of para-hydroxylation sites is 1. The van der Waals surface area contributed by atoms with Crippen LogP contribution in [0.25, 0.3) is 0 Å². The quantitative estimate of drug-likeness (QED) is 0.221. The van der Waals surface area contributed by atoms with E-state index in [1.165, 1.54) is 0 Å². The zero-order chi connectivity index (χ0) is 27.0. The van der Waals surface area contributed by atoms with Crippen molar-refractivity contribution in [3.05, 3.63) is 126 Å². The van der Waals surface area contributed by atoms with Crippen LogP contribution in [0.5, 0.6) is 5.75 Å². The number of hydrogen-bond acceptors (Lipinski definition) is 3. The number of rotatable bonds is 9. The van der Waals surface area contributed by atoms with Crippen LogP contribution in [0.4, 0.5) is 16.2 Å². The molecule has 4 aromatic rings. The topological polar surface area (TPSA) is 79.5 Å². The Hall–Kier alpha value is -4.58. The Morgan fingerprint density at radius 2 is 1.26 bits per heavy atom. The van der Waals surface area contributed by atoms with E-state index in [4.69, 9.17) is 4.74 Å². The highest BCUT2D eigenvalue weighted by atomic mass is 16.5. The highest BCUT2D eigenvalue weighted by molar-refractivity contribution is 6.02. The van der Waals surface area contributed by atoms with Gasteiger partial charge in [0.05, 0.1) is 5.56 Å². The fourth-order valence-corrected chi connectivity index (χ4v) is 3.88. The lowest BCUT2D eigenvalue weighted by Gasteiger charge is -2.26. The number of nitrogens with one attached hydrogen (secondary N) is 3. The molecule has 0 aromatic heterocycles. The molecule has 0 bridgehead atoms. The summed E-state index contributed by atoms with van der Waals surface area (Å²) in [6.07, 6.45) is 0.326. The van der Waals surface area contributed by atoms with Crippen LogP contribution in [0.3, 0.4) is 0 Å². The fourth-order valence-electron chi connectivity index (χ4n) is 3.88. The van der Waals surface area contributed by atoms with Crippen LogP contribution in [-0.2, 0) is 0 Å². The molecule has 0 saturated carbocycles. The second-order valence-corrected chi connectivity index (χ2v) is 9.67. The minimum Gasteiger partial charge on any atom is -0.480 e. The maximum atomic E-state index is 13.5. The van der Waals surface area contributed by atoms with Gasteiger partial charge in [0, 0.05) is 16.9 Å². The Labute approximate surface area is 224 Å². The van der Waals surface area contributed by atoms with Crippen LogP contribution in [0.1, 0.15) is 54.8 Å². The number of carbonyl (C=O) groups excluding carboxylic acids is 2. The van der Waals surface area contributed by atoms with E-state index in [0.29, 0.717) is 22.7 Å². The lowest BCUT2D eigenvalue weighted by Crippen LogP contribution is -2.43. The molecule has 0 atom stereocenters. The first-order chi connectivity index (χ1) is 18.3. The first-order valence-corrected chi connectivity index (χ1v) is 12.7. The SMILES string of the molecule is CCC(C)(C)NC(=O)c1cc(NC(=O)Nc2ccccc2)ccc1OC(c1ccccc1)c1ccccc1. The number of urea groups is 1. The third-order valence-corrected chi connectivity index (χ3v) is 6.30. The minimum absolute atomic E-state index is 0.279. The summed E-state index contributed by atoms with van der Waals surface area (Å²) in [5.41, 5.74) is 2.98. The fraction of sp³-hybridized carbons (Fsp3) is 0.188. The summed E-state index contributed by atoms with van der Waals surface area (Å²) >= 11 is 0. The van der Waals surface area contributed by atoms with Crippen LogP contribution in [0, 0.1) is 0 Å². The molecule has 194 valence electrons. The number of hydrogen-bond donors (Lipinski definition) is 3. The van der Waals surface area contributed by atoms with Crippen LogP contribution in [-0.4, -0.2) is 17.5 Å². The highest BCUT2D eigenvalue weighted by Gasteiger charge is 2.24. The van der Waals surface area contributed by atoms with Gasteiger partial charge in [0.25, 0.3) is 5.91 Å². The Morgan fingerprint density at radius 3 is 1.82 bits per heavy atom. The zero-order valence-corrected chi connectivity index (χ0v) is 21.9. The van der Waals surface area contributed by atoms with E-state index in [1.54, 1.807) is 30.3 Å². The monoisotopic (exact) mass is 507 g/mol. The van der Waals surface area contributed by atoms with Gasteiger partial charge in [0.2, 0.25) is 0 Å². The van der Waals surface area contributed by atoms with Gasteiger partial charge in [-0.3, -0.25) is 4.79 Å². The molecule has 38 heavy (non-hydrogen) atoms. The van der Waals surface area contributed by atoms with Crippen molar-refractivity contribution in [3.8, 4) is 5.75 Å². The second kappa shape index (κ2) is 12.1. The van der Waals surface area contributed by atoms with Crippen LogP contribution in [0.2, 0.25) is 0 Å². The van der Waals surface area contributed by atoms with Crippen molar-refractivity contribution in [3.63, 3.8) is 0 Å². The van der Waals surface area contributed by atoms with Crippen molar-refractivity contribution >= 4 is 23.3 Å². The number of ether oxygens (including phenoxy) is 1. The molecular formula is C32H33N3O3. The molecule has 0 aliphatic heterocycles. The van der Waals surface area contributed by atoms with Gasteiger partial charge in [-0.05, 0) is 61.7 Å². The summed E-state index contributed by atoms with van der Waals surface area (Å²) in [7, 11) is 0. The maximum absolute atomic E-state index is 13.5.